The average Bonchev–Trinajstić information content (AvgIpc) is 3.19. The third-order valence-electron chi connectivity index (χ3n) is 9.91. The fourth-order valence-electron chi connectivity index (χ4n) is 7.10. The van der Waals surface area contributed by atoms with Gasteiger partial charge in [-0.2, -0.15) is 13.2 Å². The van der Waals surface area contributed by atoms with E-state index in [1.807, 2.05) is 48.5 Å². The fourth-order valence-corrected chi connectivity index (χ4v) is 7.10. The highest BCUT2D eigenvalue weighted by molar-refractivity contribution is 6.08. The molecule has 0 spiro atoms. The molecule has 2 aliphatic rings. The summed E-state index contributed by atoms with van der Waals surface area (Å²) < 4.78 is 38.8. The number of halogens is 3. The number of anilines is 1. The number of amides is 1. The molecule has 5 aromatic carbocycles. The van der Waals surface area contributed by atoms with Crippen LogP contribution in [0.4, 0.5) is 24.5 Å². The maximum atomic E-state index is 13.2. The van der Waals surface area contributed by atoms with E-state index in [-0.39, 0.29) is 5.91 Å². The van der Waals surface area contributed by atoms with Gasteiger partial charge >= 0.3 is 6.18 Å². The molecular weight excluding hydrogens is 684 g/mol. The van der Waals surface area contributed by atoms with E-state index in [9.17, 15) is 18.0 Å². The lowest BCUT2D eigenvalue weighted by Crippen LogP contribution is -2.30. The van der Waals surface area contributed by atoms with E-state index in [2.05, 4.69) is 56.5 Å². The van der Waals surface area contributed by atoms with Gasteiger partial charge in [0.2, 0.25) is 0 Å². The molecule has 6 aromatic rings. The van der Waals surface area contributed by atoms with E-state index in [4.69, 9.17) is 5.73 Å². The van der Waals surface area contributed by atoms with Crippen LogP contribution in [0.15, 0.2) is 140 Å². The number of aromatic nitrogens is 1. The predicted molar refractivity (Wildman–Crippen MR) is 208 cm³/mol. The summed E-state index contributed by atoms with van der Waals surface area (Å²) in [7, 11) is 0. The van der Waals surface area contributed by atoms with Crippen LogP contribution >= 0.6 is 0 Å². The van der Waals surface area contributed by atoms with E-state index in [1.165, 1.54) is 39.9 Å². The van der Waals surface area contributed by atoms with Crippen LogP contribution in [0.5, 0.6) is 0 Å². The zero-order chi connectivity index (χ0) is 37.5. The summed E-state index contributed by atoms with van der Waals surface area (Å²) in [6.07, 6.45) is -0.669. The minimum Gasteiger partial charge on any atom is -0.699 e. The first-order chi connectivity index (χ1) is 26.2. The van der Waals surface area contributed by atoms with Crippen molar-refractivity contribution >= 4 is 17.3 Å². The Labute approximate surface area is 314 Å². The second kappa shape index (κ2) is 16.5. The van der Waals surface area contributed by atoms with Gasteiger partial charge in [-0.15, -0.1) is 5.69 Å². The minimum atomic E-state index is -4.41. The van der Waals surface area contributed by atoms with Gasteiger partial charge in [0.15, 0.2) is 0 Å². The maximum Gasteiger partial charge on any atom is 0.416 e. The van der Waals surface area contributed by atoms with Crippen molar-refractivity contribution in [1.82, 2.24) is 14.8 Å². The number of pyridine rings is 1. The molecule has 0 saturated carbocycles. The molecule has 1 aromatic heterocycles. The van der Waals surface area contributed by atoms with Gasteiger partial charge in [0.05, 0.1) is 11.3 Å². The zero-order valence-electron chi connectivity index (χ0n) is 29.8. The molecule has 274 valence electrons. The summed E-state index contributed by atoms with van der Waals surface area (Å²) in [5, 5.41) is 2.96. The fraction of sp³-hybridized carbons (Fsp3) is 0.200. The van der Waals surface area contributed by atoms with Crippen LogP contribution in [0.2, 0.25) is 0 Å². The molecule has 2 aliphatic heterocycles. The van der Waals surface area contributed by atoms with Crippen molar-refractivity contribution in [2.24, 2.45) is 0 Å². The molecule has 0 fully saturated rings. The second-order valence-electron chi connectivity index (χ2n) is 13.8. The molecule has 54 heavy (non-hydrogen) atoms. The van der Waals surface area contributed by atoms with Crippen LogP contribution in [0.3, 0.4) is 0 Å². The topological polar surface area (TPSA) is 72.3 Å². The van der Waals surface area contributed by atoms with Crippen molar-refractivity contribution in [3.8, 4) is 11.1 Å². The summed E-state index contributed by atoms with van der Waals surface area (Å²) >= 11 is 0. The number of carbonyl (C=O) groups is 1. The van der Waals surface area contributed by atoms with Crippen LogP contribution in [-0.4, -0.2) is 33.8 Å². The number of benzene rings is 5. The molecule has 0 bridgehead atoms. The van der Waals surface area contributed by atoms with Crippen LogP contribution < -0.4 is 5.32 Å². The van der Waals surface area contributed by atoms with E-state index in [1.54, 1.807) is 30.5 Å². The summed E-state index contributed by atoms with van der Waals surface area (Å²) in [6.45, 7) is 5.62. The van der Waals surface area contributed by atoms with Gasteiger partial charge in [-0.1, -0.05) is 91.0 Å². The summed E-state index contributed by atoms with van der Waals surface area (Å²) in [6, 6.07) is 40.3. The lowest BCUT2D eigenvalue weighted by atomic mass is 9.97. The van der Waals surface area contributed by atoms with Gasteiger partial charge in [0.1, 0.15) is 0 Å². The van der Waals surface area contributed by atoms with E-state index >= 15 is 0 Å². The van der Waals surface area contributed by atoms with Crippen molar-refractivity contribution in [3.05, 3.63) is 190 Å². The Hall–Kier alpha value is -5.77. The molecular formula is C45H41F3N5O-. The highest BCUT2D eigenvalue weighted by atomic mass is 19.4. The number of hydrogen-bond acceptors (Lipinski definition) is 4. The Morgan fingerprint density at radius 3 is 2.04 bits per heavy atom. The third kappa shape index (κ3) is 9.23. The van der Waals surface area contributed by atoms with Crippen LogP contribution in [0.1, 0.15) is 49.4 Å². The van der Waals surface area contributed by atoms with Crippen molar-refractivity contribution in [3.63, 3.8) is 0 Å². The smallest absolute Gasteiger partial charge is 0.416 e. The average molecular weight is 725 g/mol. The Balaban J connectivity index is 0.000000208. The zero-order valence-corrected chi connectivity index (χ0v) is 29.8. The first-order valence-electron chi connectivity index (χ1n) is 18.1. The van der Waals surface area contributed by atoms with E-state index in [0.717, 1.165) is 69.9 Å². The Kier molecular flexibility index (Phi) is 11.2. The van der Waals surface area contributed by atoms with Crippen molar-refractivity contribution in [2.75, 3.05) is 18.4 Å². The molecule has 0 unspecified atom stereocenters. The molecule has 2 N–H and O–H groups in total. The van der Waals surface area contributed by atoms with Gasteiger partial charge in [0, 0.05) is 56.7 Å². The maximum absolute atomic E-state index is 13.2. The first kappa shape index (κ1) is 36.6. The quantitative estimate of drug-likeness (QED) is 0.178. The van der Waals surface area contributed by atoms with Crippen LogP contribution in [-0.2, 0) is 45.2 Å². The molecule has 3 heterocycles. The molecule has 8 rings (SSSR count). The Morgan fingerprint density at radius 2 is 1.33 bits per heavy atom. The highest BCUT2D eigenvalue weighted by Crippen LogP contribution is 2.32. The third-order valence-corrected chi connectivity index (χ3v) is 9.91. The SMILES string of the molecule is O=C(Nc1ccc2c(c1)CCN(Cc1ccccn1)C2)c1ccccc1-c1ccc(C(F)(F)F)cc1.[NH-]c1ccc2c(c1)CCN(Cc1ccccc1)C2. The molecule has 0 atom stereocenters. The van der Waals surface area contributed by atoms with Gasteiger partial charge < -0.3 is 11.1 Å². The lowest BCUT2D eigenvalue weighted by Gasteiger charge is -2.29. The van der Waals surface area contributed by atoms with Gasteiger partial charge in [-0.25, -0.2) is 0 Å². The number of rotatable bonds is 7. The normalized spacial score (nSPS) is 14.3. The number of alkyl halides is 3. The number of carbonyl (C=O) groups excluding carboxylic acids is 1. The Morgan fingerprint density at radius 1 is 0.685 bits per heavy atom. The summed E-state index contributed by atoms with van der Waals surface area (Å²) in [4.78, 5) is 22.4. The molecule has 0 saturated heterocycles. The second-order valence-corrected chi connectivity index (χ2v) is 13.8. The summed E-state index contributed by atoms with van der Waals surface area (Å²) in [5.74, 6) is -0.307. The lowest BCUT2D eigenvalue weighted by molar-refractivity contribution is -0.137. The van der Waals surface area contributed by atoms with Crippen molar-refractivity contribution in [2.45, 2.75) is 45.2 Å². The number of nitrogens with zero attached hydrogens (tertiary/aromatic N) is 3. The van der Waals surface area contributed by atoms with Crippen molar-refractivity contribution < 1.29 is 18.0 Å². The van der Waals surface area contributed by atoms with E-state index < -0.39 is 11.7 Å². The highest BCUT2D eigenvalue weighted by Gasteiger charge is 2.30. The molecule has 1 amide bonds. The number of nitrogens with one attached hydrogen (secondary N) is 2. The molecule has 0 aliphatic carbocycles. The van der Waals surface area contributed by atoms with Gasteiger partial charge in [-0.3, -0.25) is 19.6 Å². The van der Waals surface area contributed by atoms with Crippen LogP contribution in [0.25, 0.3) is 16.9 Å². The molecule has 9 heteroatoms. The largest absolute Gasteiger partial charge is 0.699 e. The standard InChI is InChI=1S/C29H24F3N3O.C16H17N2/c30-29(31,32)23-11-8-20(9-12-23)26-6-1-2-7-27(26)28(36)34-24-13-10-22-18-35(16-14-21(22)17-24)19-25-5-3-4-15-33-25;17-16-7-6-15-12-18(9-8-14(15)10-16)11-13-4-2-1-3-5-13/h1-13,15,17H,14,16,18-19H2,(H,34,36);1-7,10,17H,8-9,11-12H2/q;-1. The molecule has 6 nitrogen and oxygen atoms in total. The first-order valence-corrected chi connectivity index (χ1v) is 18.1. The minimum absolute atomic E-state index is 0.307. The number of hydrogen-bond donors (Lipinski definition) is 1. The Bertz CT molecular complexity index is 2190. The predicted octanol–water partition coefficient (Wildman–Crippen LogP) is 10.5. The number of fused-ring (bicyclic) bond motifs is 2. The summed E-state index contributed by atoms with van der Waals surface area (Å²) in [5.41, 5.74) is 17.3. The van der Waals surface area contributed by atoms with E-state index in [0.29, 0.717) is 28.1 Å². The van der Waals surface area contributed by atoms with Crippen LogP contribution in [0, 0.1) is 0 Å². The van der Waals surface area contributed by atoms with Gasteiger partial charge in [0.25, 0.3) is 5.91 Å². The van der Waals surface area contributed by atoms with Gasteiger partial charge in [-0.05, 0) is 94.3 Å². The van der Waals surface area contributed by atoms with Crippen molar-refractivity contribution in [1.29, 1.82) is 0 Å². The monoisotopic (exact) mass is 724 g/mol. The molecule has 0 radical (unpaired) electrons.